The van der Waals surface area contributed by atoms with Gasteiger partial charge in [0.1, 0.15) is 0 Å². The summed E-state index contributed by atoms with van der Waals surface area (Å²) in [7, 11) is 0. The Hall–Kier alpha value is -0.450. The topological polar surface area (TPSA) is 12.9 Å². The van der Waals surface area contributed by atoms with E-state index in [0.29, 0.717) is 0 Å². The average Bonchev–Trinajstić information content (AvgIpc) is 2.37. The van der Waals surface area contributed by atoms with Crippen molar-refractivity contribution in [2.24, 2.45) is 0 Å². The Labute approximate surface area is 130 Å². The van der Waals surface area contributed by atoms with E-state index in [0.717, 1.165) is 16.6 Å². The van der Waals surface area contributed by atoms with Crippen molar-refractivity contribution in [1.29, 1.82) is 0 Å². The van der Waals surface area contributed by atoms with Gasteiger partial charge >= 0.3 is 0 Å². The molecule has 18 heavy (non-hydrogen) atoms. The van der Waals surface area contributed by atoms with Crippen LogP contribution in [0.2, 0.25) is 0 Å². The van der Waals surface area contributed by atoms with Crippen molar-refractivity contribution in [3.05, 3.63) is 54.2 Å². The first kappa shape index (κ1) is 12.6. The highest BCUT2D eigenvalue weighted by Crippen LogP contribution is 2.43. The number of aromatic nitrogens is 1. The molecule has 3 rings (SSSR count). The van der Waals surface area contributed by atoms with Crippen LogP contribution < -0.4 is 0 Å². The Balaban J connectivity index is 2.40. The Bertz CT molecular complexity index is 732. The van der Waals surface area contributed by atoms with E-state index in [9.17, 15) is 0 Å². The number of halogens is 3. The van der Waals surface area contributed by atoms with Crippen LogP contribution in [0.4, 0.5) is 0 Å². The minimum atomic E-state index is -0.474. The summed E-state index contributed by atoms with van der Waals surface area (Å²) < 4.78 is -0.474. The summed E-state index contributed by atoms with van der Waals surface area (Å²) >= 11 is 10.5. The van der Waals surface area contributed by atoms with Gasteiger partial charge in [0.25, 0.3) is 0 Å². The van der Waals surface area contributed by atoms with Gasteiger partial charge in [0.2, 0.25) is 0 Å². The summed E-state index contributed by atoms with van der Waals surface area (Å²) in [4.78, 5) is 4.73. The number of hydrogen-bond donors (Lipinski definition) is 0. The van der Waals surface area contributed by atoms with Crippen molar-refractivity contribution in [2.75, 3.05) is 0 Å². The number of fused-ring (bicyclic) bond motifs is 3. The normalized spacial score (nSPS) is 12.2. The van der Waals surface area contributed by atoms with Crippen LogP contribution in [0, 0.1) is 0 Å². The molecule has 0 amide bonds. The molecule has 0 N–H and O–H groups in total. The third-order valence-electron chi connectivity index (χ3n) is 2.88. The molecular weight excluding hydrogens is 422 g/mol. The molecule has 1 heterocycles. The van der Waals surface area contributed by atoms with E-state index in [2.05, 4.69) is 78.1 Å². The average molecular weight is 430 g/mol. The summed E-state index contributed by atoms with van der Waals surface area (Å²) in [6, 6.07) is 16.6. The van der Waals surface area contributed by atoms with Crippen molar-refractivity contribution < 1.29 is 0 Å². The molecule has 4 heteroatoms. The molecule has 1 nitrogen and oxygen atoms in total. The molecule has 0 saturated carbocycles. The first-order valence-electron chi connectivity index (χ1n) is 5.41. The molecule has 2 aromatic carbocycles. The maximum absolute atomic E-state index is 4.73. The summed E-state index contributed by atoms with van der Waals surface area (Å²) in [5.41, 5.74) is 1.92. The summed E-state index contributed by atoms with van der Waals surface area (Å²) in [6.07, 6.45) is 0. The fourth-order valence-corrected chi connectivity index (χ4v) is 2.68. The van der Waals surface area contributed by atoms with Gasteiger partial charge in [0.05, 0.1) is 11.2 Å². The summed E-state index contributed by atoms with van der Waals surface area (Å²) in [6.45, 7) is 0. The molecule has 0 aliphatic heterocycles. The monoisotopic (exact) mass is 427 g/mol. The van der Waals surface area contributed by atoms with E-state index in [-0.39, 0.29) is 0 Å². The number of pyridine rings is 1. The first-order chi connectivity index (χ1) is 8.55. The van der Waals surface area contributed by atoms with Crippen LogP contribution >= 0.6 is 47.8 Å². The van der Waals surface area contributed by atoms with Crippen LogP contribution in [0.25, 0.3) is 21.7 Å². The number of alkyl halides is 3. The Kier molecular flexibility index (Phi) is 3.20. The zero-order valence-electron chi connectivity index (χ0n) is 9.20. The fraction of sp³-hybridized carbons (Fsp3) is 0.0714. The van der Waals surface area contributed by atoms with Crippen molar-refractivity contribution in [3.63, 3.8) is 0 Å². The van der Waals surface area contributed by atoms with Crippen LogP contribution in [0.15, 0.2) is 48.5 Å². The smallest absolute Gasteiger partial charge is 0.176 e. The molecule has 0 atom stereocenters. The molecular formula is C14H8Br3N. The van der Waals surface area contributed by atoms with Crippen molar-refractivity contribution in [3.8, 4) is 0 Å². The molecule has 0 fully saturated rings. The quantitative estimate of drug-likeness (QED) is 0.331. The van der Waals surface area contributed by atoms with E-state index in [4.69, 9.17) is 4.98 Å². The van der Waals surface area contributed by atoms with Gasteiger partial charge in [-0.2, -0.15) is 0 Å². The molecule has 0 radical (unpaired) electrons. The van der Waals surface area contributed by atoms with Crippen LogP contribution in [0.1, 0.15) is 5.69 Å². The molecule has 0 spiro atoms. The van der Waals surface area contributed by atoms with Crippen LogP contribution in [0.5, 0.6) is 0 Å². The predicted molar refractivity (Wildman–Crippen MR) is 87.7 cm³/mol. The second-order valence-electron chi connectivity index (χ2n) is 4.05. The van der Waals surface area contributed by atoms with Crippen LogP contribution in [-0.4, -0.2) is 4.98 Å². The maximum atomic E-state index is 4.73. The Morgan fingerprint density at radius 3 is 2.22 bits per heavy atom. The van der Waals surface area contributed by atoms with Gasteiger partial charge in [-0.1, -0.05) is 90.3 Å². The molecule has 90 valence electrons. The first-order valence-corrected chi connectivity index (χ1v) is 7.79. The molecule has 3 aromatic rings. The molecule has 0 saturated heterocycles. The van der Waals surface area contributed by atoms with Crippen LogP contribution in [0.3, 0.4) is 0 Å². The van der Waals surface area contributed by atoms with Crippen LogP contribution in [-0.2, 0) is 2.14 Å². The number of benzene rings is 2. The lowest BCUT2D eigenvalue weighted by atomic mass is 10.1. The second kappa shape index (κ2) is 4.58. The predicted octanol–water partition coefficient (Wildman–Crippen LogP) is 5.68. The largest absolute Gasteiger partial charge is 0.249 e. The fourth-order valence-electron chi connectivity index (χ4n) is 2.02. The standard InChI is InChI=1S/C14H8Br3N/c15-14(16,17)12-8-7-10-6-5-9-3-1-2-4-11(9)13(10)18-12/h1-8H. The van der Waals surface area contributed by atoms with E-state index >= 15 is 0 Å². The van der Waals surface area contributed by atoms with Gasteiger partial charge in [-0.3, -0.25) is 0 Å². The maximum Gasteiger partial charge on any atom is 0.176 e. The molecule has 0 aliphatic carbocycles. The Morgan fingerprint density at radius 2 is 1.44 bits per heavy atom. The third-order valence-corrected chi connectivity index (χ3v) is 4.09. The van der Waals surface area contributed by atoms with E-state index in [1.807, 2.05) is 18.2 Å². The molecule has 0 bridgehead atoms. The lowest BCUT2D eigenvalue weighted by Gasteiger charge is -2.12. The van der Waals surface area contributed by atoms with Crippen molar-refractivity contribution >= 4 is 69.5 Å². The van der Waals surface area contributed by atoms with Gasteiger partial charge in [-0.05, 0) is 11.5 Å². The number of nitrogens with zero attached hydrogens (tertiary/aromatic N) is 1. The second-order valence-corrected chi connectivity index (χ2v) is 10.8. The van der Waals surface area contributed by atoms with E-state index in [1.165, 1.54) is 10.8 Å². The molecule has 1 aromatic heterocycles. The minimum absolute atomic E-state index is 0.474. The van der Waals surface area contributed by atoms with Gasteiger partial charge in [-0.25, -0.2) is 4.98 Å². The lowest BCUT2D eigenvalue weighted by molar-refractivity contribution is 1.20. The third kappa shape index (κ3) is 2.22. The minimum Gasteiger partial charge on any atom is -0.249 e. The van der Waals surface area contributed by atoms with Crippen molar-refractivity contribution in [2.45, 2.75) is 2.14 Å². The number of hydrogen-bond acceptors (Lipinski definition) is 1. The lowest BCUT2D eigenvalue weighted by Crippen LogP contribution is -2.01. The number of rotatable bonds is 0. The van der Waals surface area contributed by atoms with E-state index in [1.54, 1.807) is 0 Å². The van der Waals surface area contributed by atoms with Gasteiger partial charge < -0.3 is 0 Å². The van der Waals surface area contributed by atoms with Gasteiger partial charge in [0.15, 0.2) is 2.14 Å². The van der Waals surface area contributed by atoms with Gasteiger partial charge in [-0.15, -0.1) is 0 Å². The molecule has 0 unspecified atom stereocenters. The highest BCUT2D eigenvalue weighted by Gasteiger charge is 2.22. The zero-order chi connectivity index (χ0) is 12.8. The summed E-state index contributed by atoms with van der Waals surface area (Å²) in [5, 5.41) is 3.53. The zero-order valence-corrected chi connectivity index (χ0v) is 14.0. The van der Waals surface area contributed by atoms with Crippen molar-refractivity contribution in [1.82, 2.24) is 4.98 Å². The van der Waals surface area contributed by atoms with Gasteiger partial charge in [0, 0.05) is 10.8 Å². The van der Waals surface area contributed by atoms with E-state index < -0.39 is 2.14 Å². The SMILES string of the molecule is BrC(Br)(Br)c1ccc2ccc3ccccc3c2n1. The summed E-state index contributed by atoms with van der Waals surface area (Å²) in [5.74, 6) is 0. The highest BCUT2D eigenvalue weighted by atomic mass is 80.0. The highest BCUT2D eigenvalue weighted by molar-refractivity contribution is 9.38. The Morgan fingerprint density at radius 1 is 0.778 bits per heavy atom. The molecule has 0 aliphatic rings.